The molecule has 0 saturated heterocycles. The number of nitrogens with two attached hydrogens (primary N) is 2. The van der Waals surface area contributed by atoms with Crippen LogP contribution in [0.25, 0.3) is 0 Å². The molecule has 0 aliphatic heterocycles. The summed E-state index contributed by atoms with van der Waals surface area (Å²) in [5, 5.41) is 0. The van der Waals surface area contributed by atoms with Crippen LogP contribution in [0.5, 0.6) is 0 Å². The molecule has 0 aromatic heterocycles. The second-order valence-electron chi connectivity index (χ2n) is 2.32. The van der Waals surface area contributed by atoms with Gasteiger partial charge in [-0.15, -0.1) is 0 Å². The summed E-state index contributed by atoms with van der Waals surface area (Å²) < 4.78 is 9.46. The van der Waals surface area contributed by atoms with Crippen molar-refractivity contribution in [2.24, 2.45) is 11.5 Å². The molecule has 0 bridgehead atoms. The summed E-state index contributed by atoms with van der Waals surface area (Å²) in [6.45, 7) is 1.41. The average Bonchev–Trinajstić information content (AvgIpc) is 2.10. The summed E-state index contributed by atoms with van der Waals surface area (Å²) in [7, 11) is 1.31. The highest BCUT2D eigenvalue weighted by Crippen LogP contribution is 1.91. The Morgan fingerprint density at radius 2 is 2.17 bits per heavy atom. The van der Waals surface area contributed by atoms with Crippen LogP contribution in [0.15, 0.2) is 0 Å². The van der Waals surface area contributed by atoms with E-state index in [0.717, 1.165) is 0 Å². The number of esters is 1. The topological polar surface area (TPSA) is 87.6 Å². The van der Waals surface area contributed by atoms with Crippen LogP contribution in [-0.4, -0.2) is 38.9 Å². The van der Waals surface area contributed by atoms with Gasteiger partial charge in [-0.2, -0.15) is 0 Å². The molecule has 4 N–H and O–H groups in total. The maximum atomic E-state index is 10.7. The molecule has 5 nitrogen and oxygen atoms in total. The van der Waals surface area contributed by atoms with E-state index in [-0.39, 0.29) is 0 Å². The van der Waals surface area contributed by atoms with Crippen LogP contribution >= 0.6 is 0 Å². The van der Waals surface area contributed by atoms with Crippen molar-refractivity contribution >= 4 is 5.97 Å². The van der Waals surface area contributed by atoms with Gasteiger partial charge in [-0.25, -0.2) is 0 Å². The first-order valence-corrected chi connectivity index (χ1v) is 3.83. The Kier molecular flexibility index (Phi) is 6.64. The minimum Gasteiger partial charge on any atom is -0.468 e. The number of hydrogen-bond donors (Lipinski definition) is 2. The lowest BCUT2D eigenvalue weighted by Gasteiger charge is -2.08. The first-order valence-electron chi connectivity index (χ1n) is 3.83. The van der Waals surface area contributed by atoms with Crippen molar-refractivity contribution in [1.29, 1.82) is 0 Å². The van der Waals surface area contributed by atoms with Gasteiger partial charge in [0.2, 0.25) is 0 Å². The normalized spacial score (nSPS) is 12.6. The van der Waals surface area contributed by atoms with Crippen LogP contribution in [0.2, 0.25) is 0 Å². The Balaban J connectivity index is 3.31. The third kappa shape index (κ3) is 5.06. The first kappa shape index (κ1) is 11.4. The van der Waals surface area contributed by atoms with E-state index in [1.54, 1.807) is 0 Å². The summed E-state index contributed by atoms with van der Waals surface area (Å²) >= 11 is 0. The fourth-order valence-electron chi connectivity index (χ4n) is 0.665. The molecular weight excluding hydrogens is 160 g/mol. The number of carbonyl (C=O) groups is 1. The quantitative estimate of drug-likeness (QED) is 0.394. The largest absolute Gasteiger partial charge is 0.468 e. The molecular formula is C7H16N2O3. The third-order valence-electron chi connectivity index (χ3n) is 1.34. The van der Waals surface area contributed by atoms with E-state index in [9.17, 15) is 4.79 Å². The highest BCUT2D eigenvalue weighted by molar-refractivity contribution is 5.75. The smallest absolute Gasteiger partial charge is 0.322 e. The fourth-order valence-corrected chi connectivity index (χ4v) is 0.665. The van der Waals surface area contributed by atoms with Crippen molar-refractivity contribution in [2.75, 3.05) is 26.9 Å². The van der Waals surface area contributed by atoms with Gasteiger partial charge < -0.3 is 20.9 Å². The molecule has 0 saturated carbocycles. The summed E-state index contributed by atoms with van der Waals surface area (Å²) in [5.41, 5.74) is 10.6. The maximum absolute atomic E-state index is 10.7. The SMILES string of the molecule is COC(=O)C(N)CCOCCN. The molecule has 0 fully saturated rings. The molecule has 5 heteroatoms. The number of carbonyl (C=O) groups excluding carboxylic acids is 1. The van der Waals surface area contributed by atoms with Gasteiger partial charge >= 0.3 is 5.97 Å². The van der Waals surface area contributed by atoms with E-state index >= 15 is 0 Å². The van der Waals surface area contributed by atoms with Gasteiger partial charge in [0.1, 0.15) is 6.04 Å². The second-order valence-corrected chi connectivity index (χ2v) is 2.32. The van der Waals surface area contributed by atoms with E-state index in [1.165, 1.54) is 7.11 Å². The first-order chi connectivity index (χ1) is 5.72. The standard InChI is InChI=1S/C7H16N2O3/c1-11-7(10)6(9)2-4-12-5-3-8/h6H,2-5,8-9H2,1H3. The highest BCUT2D eigenvalue weighted by atomic mass is 16.5. The predicted octanol–water partition coefficient (Wildman–Crippen LogP) is -1.15. The minimum atomic E-state index is -0.590. The Bertz CT molecular complexity index is 130. The van der Waals surface area contributed by atoms with Crippen LogP contribution in [0.3, 0.4) is 0 Å². The zero-order chi connectivity index (χ0) is 9.40. The number of ether oxygens (including phenoxy) is 2. The van der Waals surface area contributed by atoms with Gasteiger partial charge in [0.05, 0.1) is 13.7 Å². The summed E-state index contributed by atoms with van der Waals surface area (Å²) in [4.78, 5) is 10.7. The number of rotatable bonds is 6. The molecule has 0 spiro atoms. The molecule has 0 aliphatic carbocycles. The van der Waals surface area contributed by atoms with Gasteiger partial charge in [0.15, 0.2) is 0 Å². The summed E-state index contributed by atoms with van der Waals surface area (Å²) in [5.74, 6) is -0.411. The van der Waals surface area contributed by atoms with Gasteiger partial charge in [0.25, 0.3) is 0 Å². The fraction of sp³-hybridized carbons (Fsp3) is 0.857. The van der Waals surface area contributed by atoms with Crippen molar-refractivity contribution in [2.45, 2.75) is 12.5 Å². The van der Waals surface area contributed by atoms with Crippen molar-refractivity contribution in [3.8, 4) is 0 Å². The van der Waals surface area contributed by atoms with Gasteiger partial charge in [-0.1, -0.05) is 0 Å². The van der Waals surface area contributed by atoms with Crippen LogP contribution in [0, 0.1) is 0 Å². The Morgan fingerprint density at radius 3 is 2.67 bits per heavy atom. The van der Waals surface area contributed by atoms with Crippen LogP contribution in [0.1, 0.15) is 6.42 Å². The molecule has 0 aromatic carbocycles. The van der Waals surface area contributed by atoms with E-state index in [0.29, 0.717) is 26.2 Å². The van der Waals surface area contributed by atoms with E-state index in [1.807, 2.05) is 0 Å². The molecule has 1 unspecified atom stereocenters. The number of methoxy groups -OCH3 is 1. The Morgan fingerprint density at radius 1 is 1.50 bits per heavy atom. The predicted molar refractivity (Wildman–Crippen MR) is 44.5 cm³/mol. The second kappa shape index (κ2) is 7.02. The molecule has 72 valence electrons. The van der Waals surface area contributed by atoms with Crippen molar-refractivity contribution in [3.05, 3.63) is 0 Å². The molecule has 12 heavy (non-hydrogen) atoms. The molecule has 0 aromatic rings. The van der Waals surface area contributed by atoms with Crippen LogP contribution in [0.4, 0.5) is 0 Å². The number of hydrogen-bond acceptors (Lipinski definition) is 5. The van der Waals surface area contributed by atoms with Crippen molar-refractivity contribution < 1.29 is 14.3 Å². The highest BCUT2D eigenvalue weighted by Gasteiger charge is 2.12. The monoisotopic (exact) mass is 176 g/mol. The Labute approximate surface area is 72.0 Å². The van der Waals surface area contributed by atoms with Crippen LogP contribution in [-0.2, 0) is 14.3 Å². The maximum Gasteiger partial charge on any atom is 0.322 e. The minimum absolute atomic E-state index is 0.411. The Hall–Kier alpha value is -0.650. The van der Waals surface area contributed by atoms with E-state index in [2.05, 4.69) is 4.74 Å². The lowest BCUT2D eigenvalue weighted by Crippen LogP contribution is -2.32. The average molecular weight is 176 g/mol. The van der Waals surface area contributed by atoms with Gasteiger partial charge in [0, 0.05) is 13.2 Å². The molecule has 0 aliphatic rings. The summed E-state index contributed by atoms with van der Waals surface area (Å²) in [6.07, 6.45) is 0.465. The molecule has 0 heterocycles. The van der Waals surface area contributed by atoms with E-state index < -0.39 is 12.0 Å². The molecule has 0 amide bonds. The van der Waals surface area contributed by atoms with Gasteiger partial charge in [-0.05, 0) is 6.42 Å². The molecule has 0 rings (SSSR count). The molecule has 1 atom stereocenters. The van der Waals surface area contributed by atoms with Crippen molar-refractivity contribution in [1.82, 2.24) is 0 Å². The zero-order valence-corrected chi connectivity index (χ0v) is 7.29. The van der Waals surface area contributed by atoms with Gasteiger partial charge in [-0.3, -0.25) is 4.79 Å². The zero-order valence-electron chi connectivity index (χ0n) is 7.29. The van der Waals surface area contributed by atoms with Crippen molar-refractivity contribution in [3.63, 3.8) is 0 Å². The van der Waals surface area contributed by atoms with Crippen LogP contribution < -0.4 is 11.5 Å². The van der Waals surface area contributed by atoms with E-state index in [4.69, 9.17) is 16.2 Å². The molecule has 0 radical (unpaired) electrons. The lowest BCUT2D eigenvalue weighted by molar-refractivity contribution is -0.142. The summed E-state index contributed by atoms with van der Waals surface area (Å²) in [6, 6.07) is -0.590. The lowest BCUT2D eigenvalue weighted by atomic mass is 10.2. The third-order valence-corrected chi connectivity index (χ3v) is 1.34.